The van der Waals surface area contributed by atoms with Gasteiger partial charge in [0.05, 0.1) is 10.9 Å². The average Bonchev–Trinajstić information content (AvgIpc) is 3.15. The Balaban J connectivity index is 1.60. The van der Waals surface area contributed by atoms with Crippen LogP contribution >= 0.6 is 11.8 Å². The van der Waals surface area contributed by atoms with Gasteiger partial charge in [0, 0.05) is 11.3 Å². The van der Waals surface area contributed by atoms with Crippen LogP contribution in [0, 0.1) is 5.92 Å². The Labute approximate surface area is 199 Å². The largest absolute Gasteiger partial charge is 0.325 e. The Morgan fingerprint density at radius 2 is 1.76 bits per heavy atom. The number of carbonyl (C=O) groups is 2. The van der Waals surface area contributed by atoms with Crippen LogP contribution in [0.25, 0.3) is 0 Å². The number of fused-ring (bicyclic) bond motifs is 3. The monoisotopic (exact) mass is 462 g/mol. The molecule has 33 heavy (non-hydrogen) atoms. The van der Waals surface area contributed by atoms with Gasteiger partial charge in [0.15, 0.2) is 5.17 Å². The van der Waals surface area contributed by atoms with Crippen molar-refractivity contribution in [3.8, 4) is 0 Å². The number of nitrogens with one attached hydrogen (secondary N) is 1. The molecule has 2 aromatic rings. The van der Waals surface area contributed by atoms with Crippen molar-refractivity contribution in [2.45, 2.75) is 58.2 Å². The molecule has 2 aromatic carbocycles. The lowest BCUT2D eigenvalue weighted by Gasteiger charge is -2.33. The maximum atomic E-state index is 13.2. The van der Waals surface area contributed by atoms with E-state index in [1.165, 1.54) is 17.3 Å². The highest BCUT2D eigenvalue weighted by Crippen LogP contribution is 2.37. The van der Waals surface area contributed by atoms with E-state index in [0.29, 0.717) is 23.3 Å². The summed E-state index contributed by atoms with van der Waals surface area (Å²) in [4.78, 5) is 37.1. The molecular formula is C26H30N4O2S. The summed E-state index contributed by atoms with van der Waals surface area (Å²) in [6, 6.07) is 15.3. The zero-order chi connectivity index (χ0) is 23.7. The molecule has 0 aromatic heterocycles. The predicted molar refractivity (Wildman–Crippen MR) is 136 cm³/mol. The van der Waals surface area contributed by atoms with E-state index < -0.39 is 6.04 Å². The molecule has 7 heteroatoms. The molecule has 0 radical (unpaired) electrons. The SMILES string of the molecule is CCC(SC1=Nc2ccccc2C2=NC(=O)C(C(C)C)N12)C(=O)Nc1ccc(C(C)C)cc1. The van der Waals surface area contributed by atoms with Crippen molar-refractivity contribution in [1.82, 2.24) is 4.90 Å². The van der Waals surface area contributed by atoms with Crippen LogP contribution in [0.3, 0.4) is 0 Å². The molecule has 2 aliphatic heterocycles. The van der Waals surface area contributed by atoms with Gasteiger partial charge in [-0.1, -0.05) is 70.6 Å². The topological polar surface area (TPSA) is 74.1 Å². The van der Waals surface area contributed by atoms with Crippen molar-refractivity contribution in [3.63, 3.8) is 0 Å². The van der Waals surface area contributed by atoms with Crippen LogP contribution in [0.15, 0.2) is 58.5 Å². The number of amidine groups is 2. The van der Waals surface area contributed by atoms with Crippen LogP contribution in [-0.4, -0.2) is 39.0 Å². The van der Waals surface area contributed by atoms with Gasteiger partial charge < -0.3 is 5.32 Å². The van der Waals surface area contributed by atoms with Crippen LogP contribution in [0.4, 0.5) is 11.4 Å². The molecule has 0 spiro atoms. The zero-order valence-electron chi connectivity index (χ0n) is 19.7. The van der Waals surface area contributed by atoms with Crippen LogP contribution in [0.5, 0.6) is 0 Å². The quantitative estimate of drug-likeness (QED) is 0.609. The summed E-state index contributed by atoms with van der Waals surface area (Å²) in [6.07, 6.45) is 0.627. The van der Waals surface area contributed by atoms with Crippen molar-refractivity contribution in [3.05, 3.63) is 59.7 Å². The minimum Gasteiger partial charge on any atom is -0.325 e. The fraction of sp³-hybridized carbons (Fsp3) is 0.385. The standard InChI is InChI=1S/C26H30N4O2S/c1-6-21(24(31)27-18-13-11-17(12-14-18)15(2)3)33-26-28-20-10-8-7-9-19(20)23-29-25(32)22(16(4)5)30(23)26/h7-16,21-22H,6H2,1-5H3,(H,27,31). The van der Waals surface area contributed by atoms with Crippen molar-refractivity contribution in [1.29, 1.82) is 0 Å². The van der Waals surface area contributed by atoms with Crippen molar-refractivity contribution < 1.29 is 9.59 Å². The second-order valence-electron chi connectivity index (χ2n) is 9.02. The molecule has 0 saturated carbocycles. The zero-order valence-corrected chi connectivity index (χ0v) is 20.5. The molecule has 2 unspecified atom stereocenters. The number of hydrogen-bond acceptors (Lipinski definition) is 5. The minimum atomic E-state index is -0.413. The lowest BCUT2D eigenvalue weighted by Crippen LogP contribution is -2.47. The number of rotatable bonds is 6. The van der Waals surface area contributed by atoms with Crippen LogP contribution in [-0.2, 0) is 9.59 Å². The van der Waals surface area contributed by atoms with Gasteiger partial charge in [0.25, 0.3) is 5.91 Å². The first-order valence-electron chi connectivity index (χ1n) is 11.5. The molecule has 2 amide bonds. The van der Waals surface area contributed by atoms with Gasteiger partial charge in [-0.15, -0.1) is 0 Å². The highest BCUT2D eigenvalue weighted by Gasteiger charge is 2.44. The van der Waals surface area contributed by atoms with Gasteiger partial charge in [-0.05, 0) is 48.1 Å². The van der Waals surface area contributed by atoms with Gasteiger partial charge in [-0.3, -0.25) is 14.5 Å². The Hall–Kier alpha value is -2.93. The van der Waals surface area contributed by atoms with Crippen LogP contribution in [0.2, 0.25) is 0 Å². The predicted octanol–water partition coefficient (Wildman–Crippen LogP) is 5.58. The maximum Gasteiger partial charge on any atom is 0.271 e. The van der Waals surface area contributed by atoms with Crippen molar-refractivity contribution in [2.75, 3.05) is 5.32 Å². The van der Waals surface area contributed by atoms with Crippen molar-refractivity contribution >= 4 is 46.0 Å². The second-order valence-corrected chi connectivity index (χ2v) is 10.2. The molecule has 0 bridgehead atoms. The van der Waals surface area contributed by atoms with E-state index in [4.69, 9.17) is 4.99 Å². The van der Waals surface area contributed by atoms with Gasteiger partial charge >= 0.3 is 0 Å². The molecular weight excluding hydrogens is 432 g/mol. The Kier molecular flexibility index (Phi) is 6.70. The summed E-state index contributed by atoms with van der Waals surface area (Å²) in [5.74, 6) is 0.891. The van der Waals surface area contributed by atoms with E-state index in [2.05, 4.69) is 24.2 Å². The number of thioether (sulfide) groups is 1. The first-order valence-corrected chi connectivity index (χ1v) is 12.4. The molecule has 2 atom stereocenters. The maximum absolute atomic E-state index is 13.2. The Morgan fingerprint density at radius 1 is 1.06 bits per heavy atom. The molecule has 1 N–H and O–H groups in total. The molecule has 0 saturated heterocycles. The first kappa shape index (κ1) is 23.2. The molecule has 4 rings (SSSR count). The normalized spacial score (nSPS) is 18.1. The van der Waals surface area contributed by atoms with Gasteiger partial charge in [0.1, 0.15) is 11.9 Å². The van der Waals surface area contributed by atoms with Crippen molar-refractivity contribution in [2.24, 2.45) is 15.9 Å². The van der Waals surface area contributed by atoms with Gasteiger partial charge in [-0.25, -0.2) is 4.99 Å². The van der Waals surface area contributed by atoms with E-state index in [1.807, 2.05) is 74.2 Å². The summed E-state index contributed by atoms with van der Waals surface area (Å²) in [5, 5.41) is 3.33. The van der Waals surface area contributed by atoms with E-state index in [9.17, 15) is 9.59 Å². The number of nitrogens with zero attached hydrogens (tertiary/aromatic N) is 3. The summed E-state index contributed by atoms with van der Waals surface area (Å²) in [5.41, 5.74) is 3.63. The highest BCUT2D eigenvalue weighted by atomic mass is 32.2. The third kappa shape index (κ3) is 4.60. The molecule has 0 aliphatic carbocycles. The first-order chi connectivity index (χ1) is 15.8. The second kappa shape index (κ2) is 9.51. The van der Waals surface area contributed by atoms with Crippen LogP contribution < -0.4 is 5.32 Å². The number of hydrogen-bond donors (Lipinski definition) is 1. The number of aliphatic imine (C=N–C) groups is 2. The molecule has 172 valence electrons. The number of amides is 2. The lowest BCUT2D eigenvalue weighted by molar-refractivity contribution is -0.120. The Bertz CT molecular complexity index is 1120. The average molecular weight is 463 g/mol. The number of anilines is 1. The fourth-order valence-corrected chi connectivity index (χ4v) is 5.13. The minimum absolute atomic E-state index is 0.0585. The van der Waals surface area contributed by atoms with Gasteiger partial charge in [-0.2, -0.15) is 4.99 Å². The summed E-state index contributed by atoms with van der Waals surface area (Å²) in [6.45, 7) is 10.3. The highest BCUT2D eigenvalue weighted by molar-refractivity contribution is 8.15. The number of para-hydroxylation sites is 1. The molecule has 6 nitrogen and oxygen atoms in total. The summed E-state index contributed by atoms with van der Waals surface area (Å²) < 4.78 is 0. The fourth-order valence-electron chi connectivity index (χ4n) is 4.07. The smallest absolute Gasteiger partial charge is 0.271 e. The third-order valence-corrected chi connectivity index (χ3v) is 7.26. The van der Waals surface area contributed by atoms with Gasteiger partial charge in [0.2, 0.25) is 5.91 Å². The Morgan fingerprint density at radius 3 is 2.39 bits per heavy atom. The van der Waals surface area contributed by atoms with E-state index >= 15 is 0 Å². The molecule has 2 aliphatic rings. The number of carbonyl (C=O) groups excluding carboxylic acids is 2. The third-order valence-electron chi connectivity index (χ3n) is 5.93. The lowest BCUT2D eigenvalue weighted by atomic mass is 10.0. The summed E-state index contributed by atoms with van der Waals surface area (Å²) >= 11 is 1.40. The van der Waals surface area contributed by atoms with E-state index in [1.54, 1.807) is 0 Å². The van der Waals surface area contributed by atoms with E-state index in [0.717, 1.165) is 16.9 Å². The number of benzene rings is 2. The molecule has 0 fully saturated rings. The van der Waals surface area contributed by atoms with E-state index in [-0.39, 0.29) is 23.0 Å². The molecule has 2 heterocycles. The van der Waals surface area contributed by atoms with Crippen LogP contribution in [0.1, 0.15) is 58.1 Å². The summed E-state index contributed by atoms with van der Waals surface area (Å²) in [7, 11) is 0.